The molecular weight excluding hydrogens is 208 g/mol. The van der Waals surface area contributed by atoms with E-state index in [0.717, 1.165) is 13.3 Å². The molecule has 0 aliphatic carbocycles. The molecule has 7 heteroatoms. The highest BCUT2D eigenvalue weighted by atomic mass is 32.2. The summed E-state index contributed by atoms with van der Waals surface area (Å²) in [7, 11) is -1.41. The van der Waals surface area contributed by atoms with E-state index in [1.54, 1.807) is 6.92 Å². The quantitative estimate of drug-likeness (QED) is 0.671. The van der Waals surface area contributed by atoms with Gasteiger partial charge < -0.3 is 4.74 Å². The van der Waals surface area contributed by atoms with Crippen molar-refractivity contribution in [2.24, 2.45) is 0 Å². The third kappa shape index (κ3) is 1.99. The Labute approximate surface area is 82.0 Å². The van der Waals surface area contributed by atoms with Crippen LogP contribution >= 0.6 is 0 Å². The molecule has 0 bridgehead atoms. The molecule has 14 heavy (non-hydrogen) atoms. The monoisotopic (exact) mass is 218 g/mol. The zero-order valence-corrected chi connectivity index (χ0v) is 8.83. The van der Waals surface area contributed by atoms with Gasteiger partial charge in [-0.25, -0.2) is 4.98 Å². The van der Waals surface area contributed by atoms with Crippen molar-refractivity contribution in [1.82, 2.24) is 9.97 Å². The predicted octanol–water partition coefficient (Wildman–Crippen LogP) is 0.129. The largest absolute Gasteiger partial charge is 0.480 e. The van der Waals surface area contributed by atoms with Crippen LogP contribution in [0.2, 0.25) is 0 Å². The van der Waals surface area contributed by atoms with E-state index >= 15 is 0 Å². The summed E-state index contributed by atoms with van der Waals surface area (Å²) < 4.78 is 31.7. The number of rotatable bonds is 3. The molecule has 0 atom stereocenters. The van der Waals surface area contributed by atoms with Gasteiger partial charge in [-0.15, -0.1) is 0 Å². The molecule has 0 fully saturated rings. The average Bonchev–Trinajstić information content (AvgIpc) is 2.17. The van der Waals surface area contributed by atoms with Crippen LogP contribution in [-0.4, -0.2) is 32.6 Å². The van der Waals surface area contributed by atoms with Gasteiger partial charge in [-0.3, -0.25) is 4.18 Å². The molecule has 1 aromatic heterocycles. The molecule has 0 saturated heterocycles. The minimum absolute atomic E-state index is 0.0145. The lowest BCUT2D eigenvalue weighted by Crippen LogP contribution is -2.08. The summed E-state index contributed by atoms with van der Waals surface area (Å²) in [5.74, 6) is 0.413. The fourth-order valence-electron chi connectivity index (χ4n) is 0.846. The standard InChI is InChI=1S/C7H10N2O4S/c1-5-8-4-6(7(9-5)12-2)14(10,11)13-3/h4H,1-3H3. The predicted molar refractivity (Wildman–Crippen MR) is 47.5 cm³/mol. The molecule has 1 aromatic rings. The average molecular weight is 218 g/mol. The highest BCUT2D eigenvalue weighted by molar-refractivity contribution is 7.86. The number of nitrogens with zero attached hydrogens (tertiary/aromatic N) is 2. The number of methoxy groups -OCH3 is 1. The Kier molecular flexibility index (Phi) is 3.02. The molecule has 1 rings (SSSR count). The molecule has 0 unspecified atom stereocenters. The van der Waals surface area contributed by atoms with Crippen molar-refractivity contribution in [3.8, 4) is 5.88 Å². The topological polar surface area (TPSA) is 78.4 Å². The number of aromatic nitrogens is 2. The fourth-order valence-corrected chi connectivity index (χ4v) is 1.55. The van der Waals surface area contributed by atoms with Crippen molar-refractivity contribution in [2.75, 3.05) is 14.2 Å². The zero-order chi connectivity index (χ0) is 10.8. The van der Waals surface area contributed by atoms with E-state index in [0.29, 0.717) is 5.82 Å². The van der Waals surface area contributed by atoms with E-state index in [9.17, 15) is 8.42 Å². The second-order valence-electron chi connectivity index (χ2n) is 2.41. The van der Waals surface area contributed by atoms with Crippen molar-refractivity contribution in [3.05, 3.63) is 12.0 Å². The van der Waals surface area contributed by atoms with E-state index in [1.165, 1.54) is 7.11 Å². The first-order chi connectivity index (χ1) is 6.51. The maximum atomic E-state index is 11.3. The third-order valence-electron chi connectivity index (χ3n) is 1.52. The van der Waals surface area contributed by atoms with Crippen molar-refractivity contribution in [2.45, 2.75) is 11.8 Å². The smallest absolute Gasteiger partial charge is 0.303 e. The van der Waals surface area contributed by atoms with Crippen LogP contribution in [0.5, 0.6) is 5.88 Å². The van der Waals surface area contributed by atoms with Gasteiger partial charge in [-0.2, -0.15) is 13.4 Å². The molecule has 0 saturated carbocycles. The van der Waals surface area contributed by atoms with Gasteiger partial charge in [0, 0.05) is 0 Å². The maximum Gasteiger partial charge on any atom is 0.303 e. The number of aryl methyl sites for hydroxylation is 1. The Morgan fingerprint density at radius 1 is 1.36 bits per heavy atom. The molecule has 6 nitrogen and oxygen atoms in total. The zero-order valence-electron chi connectivity index (χ0n) is 8.01. The van der Waals surface area contributed by atoms with E-state index in [2.05, 4.69) is 14.2 Å². The molecule has 0 radical (unpaired) electrons. The number of ether oxygens (including phenoxy) is 1. The van der Waals surface area contributed by atoms with E-state index in [1.807, 2.05) is 0 Å². The molecule has 0 amide bonds. The molecule has 0 N–H and O–H groups in total. The van der Waals surface area contributed by atoms with Crippen LogP contribution in [0.15, 0.2) is 11.1 Å². The highest BCUT2D eigenvalue weighted by Crippen LogP contribution is 2.21. The van der Waals surface area contributed by atoms with Gasteiger partial charge in [0.05, 0.1) is 20.4 Å². The van der Waals surface area contributed by atoms with E-state index in [-0.39, 0.29) is 10.8 Å². The Morgan fingerprint density at radius 2 is 2.00 bits per heavy atom. The second-order valence-corrected chi connectivity index (χ2v) is 4.09. The van der Waals surface area contributed by atoms with Crippen molar-refractivity contribution in [1.29, 1.82) is 0 Å². The highest BCUT2D eigenvalue weighted by Gasteiger charge is 2.20. The van der Waals surface area contributed by atoms with Crippen molar-refractivity contribution < 1.29 is 17.3 Å². The van der Waals surface area contributed by atoms with Crippen LogP contribution in [0, 0.1) is 6.92 Å². The first-order valence-corrected chi connectivity index (χ1v) is 5.10. The molecule has 0 aromatic carbocycles. The lowest BCUT2D eigenvalue weighted by atomic mass is 10.6. The normalized spacial score (nSPS) is 11.4. The molecule has 0 aliphatic heterocycles. The van der Waals surface area contributed by atoms with E-state index < -0.39 is 10.1 Å². The van der Waals surface area contributed by atoms with Gasteiger partial charge in [-0.1, -0.05) is 0 Å². The van der Waals surface area contributed by atoms with Crippen molar-refractivity contribution >= 4 is 10.1 Å². The minimum Gasteiger partial charge on any atom is -0.480 e. The van der Waals surface area contributed by atoms with Crippen LogP contribution in [0.4, 0.5) is 0 Å². The van der Waals surface area contributed by atoms with Gasteiger partial charge >= 0.3 is 10.1 Å². The van der Waals surface area contributed by atoms with Crippen LogP contribution < -0.4 is 4.74 Å². The Bertz CT molecular complexity index is 429. The molecule has 0 aliphatic rings. The summed E-state index contributed by atoms with van der Waals surface area (Å²) in [6.45, 7) is 1.63. The lowest BCUT2D eigenvalue weighted by molar-refractivity contribution is 0.365. The summed E-state index contributed by atoms with van der Waals surface area (Å²) in [4.78, 5) is 7.39. The van der Waals surface area contributed by atoms with Gasteiger partial charge in [0.1, 0.15) is 5.82 Å². The van der Waals surface area contributed by atoms with Crippen LogP contribution in [0.25, 0.3) is 0 Å². The summed E-state index contributed by atoms with van der Waals surface area (Å²) >= 11 is 0. The fraction of sp³-hybridized carbons (Fsp3) is 0.429. The SMILES string of the molecule is COc1nc(C)ncc1S(=O)(=O)OC. The van der Waals surface area contributed by atoms with Crippen LogP contribution in [-0.2, 0) is 14.3 Å². The number of hydrogen-bond donors (Lipinski definition) is 0. The van der Waals surface area contributed by atoms with Gasteiger partial charge in [0.2, 0.25) is 5.88 Å². The van der Waals surface area contributed by atoms with Crippen LogP contribution in [0.3, 0.4) is 0 Å². The van der Waals surface area contributed by atoms with E-state index in [4.69, 9.17) is 4.74 Å². The first kappa shape index (κ1) is 10.9. The van der Waals surface area contributed by atoms with Gasteiger partial charge in [-0.05, 0) is 6.92 Å². The summed E-state index contributed by atoms with van der Waals surface area (Å²) in [6, 6.07) is 0. The summed E-state index contributed by atoms with van der Waals surface area (Å²) in [5.41, 5.74) is 0. The Morgan fingerprint density at radius 3 is 2.50 bits per heavy atom. The lowest BCUT2D eigenvalue weighted by Gasteiger charge is -2.06. The maximum absolute atomic E-state index is 11.3. The summed E-state index contributed by atoms with van der Waals surface area (Å²) in [5, 5.41) is 0. The summed E-state index contributed by atoms with van der Waals surface area (Å²) in [6.07, 6.45) is 1.15. The van der Waals surface area contributed by atoms with Gasteiger partial charge in [0.25, 0.3) is 0 Å². The first-order valence-electron chi connectivity index (χ1n) is 3.69. The van der Waals surface area contributed by atoms with Gasteiger partial charge in [0.15, 0.2) is 4.90 Å². The van der Waals surface area contributed by atoms with Crippen molar-refractivity contribution in [3.63, 3.8) is 0 Å². The molecule has 1 heterocycles. The Balaban J connectivity index is 3.35. The molecule has 0 spiro atoms. The van der Waals surface area contributed by atoms with Crippen LogP contribution in [0.1, 0.15) is 5.82 Å². The second kappa shape index (κ2) is 3.89. The Hall–Kier alpha value is -1.21. The molecule has 78 valence electrons. The third-order valence-corrected chi connectivity index (χ3v) is 2.78. The molecular formula is C7H10N2O4S. The minimum atomic E-state index is -3.81. The number of hydrogen-bond acceptors (Lipinski definition) is 6.